The van der Waals surface area contributed by atoms with Crippen LogP contribution in [0.5, 0.6) is 0 Å². The minimum absolute atomic E-state index is 0.0338. The van der Waals surface area contributed by atoms with Crippen LogP contribution in [-0.4, -0.2) is 48.9 Å². The Balaban J connectivity index is 2.20. The smallest absolute Gasteiger partial charge is 0.255 e. The summed E-state index contributed by atoms with van der Waals surface area (Å²) >= 11 is 6.12. The van der Waals surface area contributed by atoms with Gasteiger partial charge in [-0.1, -0.05) is 24.6 Å². The van der Waals surface area contributed by atoms with Crippen LogP contribution in [0.2, 0.25) is 5.02 Å². The largest absolute Gasteiger partial charge is 0.398 e. The van der Waals surface area contributed by atoms with Gasteiger partial charge in [0.05, 0.1) is 16.3 Å². The van der Waals surface area contributed by atoms with E-state index in [9.17, 15) is 4.79 Å². The topological polar surface area (TPSA) is 49.6 Å². The van der Waals surface area contributed by atoms with Gasteiger partial charge in [-0.05, 0) is 32.1 Å². The van der Waals surface area contributed by atoms with Crippen molar-refractivity contribution in [2.75, 3.05) is 32.9 Å². The fourth-order valence-corrected chi connectivity index (χ4v) is 2.88. The summed E-state index contributed by atoms with van der Waals surface area (Å²) in [5.74, 6) is 0.423. The summed E-state index contributed by atoms with van der Waals surface area (Å²) in [7, 11) is 4.09. The van der Waals surface area contributed by atoms with Gasteiger partial charge in [0.1, 0.15) is 0 Å². The number of benzene rings is 1. The monoisotopic (exact) mass is 281 g/mol. The van der Waals surface area contributed by atoms with E-state index in [0.717, 1.165) is 13.1 Å². The summed E-state index contributed by atoms with van der Waals surface area (Å²) in [6.45, 7) is 3.66. The molecule has 2 unspecified atom stereocenters. The van der Waals surface area contributed by atoms with E-state index in [-0.39, 0.29) is 5.91 Å². The number of anilines is 1. The third-order valence-corrected chi connectivity index (χ3v) is 4.20. The number of carbonyl (C=O) groups excluding carboxylic acids is 1. The Morgan fingerprint density at radius 2 is 2.11 bits per heavy atom. The van der Waals surface area contributed by atoms with E-state index in [1.165, 1.54) is 0 Å². The molecule has 104 valence electrons. The molecule has 2 rings (SSSR count). The minimum atomic E-state index is -0.0338. The second-order valence-corrected chi connectivity index (χ2v) is 5.81. The molecule has 0 saturated carbocycles. The van der Waals surface area contributed by atoms with E-state index in [1.807, 2.05) is 19.0 Å². The number of hydrogen-bond donors (Lipinski definition) is 1. The molecule has 0 aromatic heterocycles. The molecule has 0 radical (unpaired) electrons. The fourth-order valence-electron chi connectivity index (χ4n) is 2.67. The average Bonchev–Trinajstić information content (AvgIpc) is 2.74. The molecule has 1 aromatic carbocycles. The number of nitrogen functional groups attached to an aromatic ring is 1. The van der Waals surface area contributed by atoms with Gasteiger partial charge in [-0.15, -0.1) is 0 Å². The SMILES string of the molecule is CC1CN(C(=O)c2cccc(N)c2Cl)CC1N(C)C. The first-order chi connectivity index (χ1) is 8.91. The first kappa shape index (κ1) is 14.2. The van der Waals surface area contributed by atoms with Gasteiger partial charge in [-0.25, -0.2) is 0 Å². The van der Waals surface area contributed by atoms with Gasteiger partial charge in [-0.3, -0.25) is 4.79 Å². The Hall–Kier alpha value is -1.26. The van der Waals surface area contributed by atoms with E-state index < -0.39 is 0 Å². The second kappa shape index (κ2) is 5.39. The van der Waals surface area contributed by atoms with Gasteiger partial charge in [0.2, 0.25) is 0 Å². The summed E-state index contributed by atoms with van der Waals surface area (Å²) in [5, 5.41) is 0.355. The zero-order valence-corrected chi connectivity index (χ0v) is 12.3. The van der Waals surface area contributed by atoms with Gasteiger partial charge >= 0.3 is 0 Å². The zero-order valence-electron chi connectivity index (χ0n) is 11.6. The third kappa shape index (κ3) is 2.69. The molecule has 2 N–H and O–H groups in total. The highest BCUT2D eigenvalue weighted by Gasteiger charge is 2.34. The lowest BCUT2D eigenvalue weighted by atomic mass is 10.1. The van der Waals surface area contributed by atoms with Crippen molar-refractivity contribution < 1.29 is 4.79 Å². The lowest BCUT2D eigenvalue weighted by Gasteiger charge is -2.22. The number of halogens is 1. The Bertz CT molecular complexity index is 490. The quantitative estimate of drug-likeness (QED) is 0.843. The maximum absolute atomic E-state index is 12.5. The Morgan fingerprint density at radius 3 is 2.68 bits per heavy atom. The molecular formula is C14H20ClN3O. The summed E-state index contributed by atoms with van der Waals surface area (Å²) in [4.78, 5) is 16.5. The Labute approximate surface area is 119 Å². The van der Waals surface area contributed by atoms with Crippen molar-refractivity contribution in [3.8, 4) is 0 Å². The van der Waals surface area contributed by atoms with Gasteiger partial charge in [0, 0.05) is 19.1 Å². The van der Waals surface area contributed by atoms with Crippen LogP contribution in [0.3, 0.4) is 0 Å². The summed E-state index contributed by atoms with van der Waals surface area (Å²) < 4.78 is 0. The maximum Gasteiger partial charge on any atom is 0.255 e. The lowest BCUT2D eigenvalue weighted by Crippen LogP contribution is -2.35. The van der Waals surface area contributed by atoms with Crippen molar-refractivity contribution in [3.63, 3.8) is 0 Å². The molecule has 4 nitrogen and oxygen atoms in total. The number of amides is 1. The second-order valence-electron chi connectivity index (χ2n) is 5.43. The molecule has 1 saturated heterocycles. The summed E-state index contributed by atoms with van der Waals surface area (Å²) in [6, 6.07) is 5.59. The molecule has 0 aliphatic carbocycles. The number of likely N-dealkylation sites (tertiary alicyclic amines) is 1. The van der Waals surface area contributed by atoms with Gasteiger partial charge in [-0.2, -0.15) is 0 Å². The van der Waals surface area contributed by atoms with Gasteiger partial charge < -0.3 is 15.5 Å². The van der Waals surface area contributed by atoms with E-state index in [4.69, 9.17) is 17.3 Å². The Kier molecular flexibility index (Phi) is 4.02. The fraction of sp³-hybridized carbons (Fsp3) is 0.500. The molecule has 19 heavy (non-hydrogen) atoms. The van der Waals surface area contributed by atoms with Crippen LogP contribution in [0.4, 0.5) is 5.69 Å². The zero-order chi connectivity index (χ0) is 14.2. The van der Waals surface area contributed by atoms with Gasteiger partial charge in [0.25, 0.3) is 5.91 Å². The normalized spacial score (nSPS) is 23.1. The molecule has 1 aliphatic rings. The van der Waals surface area contributed by atoms with E-state index >= 15 is 0 Å². The number of nitrogens with two attached hydrogens (primary N) is 1. The molecule has 1 amide bonds. The van der Waals surface area contributed by atoms with Crippen molar-refractivity contribution in [3.05, 3.63) is 28.8 Å². The molecule has 0 bridgehead atoms. The molecule has 1 aromatic rings. The average molecular weight is 282 g/mol. The molecular weight excluding hydrogens is 262 g/mol. The summed E-state index contributed by atoms with van der Waals surface area (Å²) in [6.07, 6.45) is 0. The van der Waals surface area contributed by atoms with Crippen molar-refractivity contribution in [2.24, 2.45) is 5.92 Å². The predicted molar refractivity (Wildman–Crippen MR) is 78.4 cm³/mol. The number of hydrogen-bond acceptors (Lipinski definition) is 3. The number of likely N-dealkylation sites (N-methyl/N-ethyl adjacent to an activating group) is 1. The maximum atomic E-state index is 12.5. The van der Waals surface area contributed by atoms with Crippen LogP contribution in [0, 0.1) is 5.92 Å². The van der Waals surface area contributed by atoms with E-state index in [2.05, 4.69) is 11.8 Å². The van der Waals surface area contributed by atoms with Gasteiger partial charge in [0.15, 0.2) is 0 Å². The molecule has 5 heteroatoms. The molecule has 0 spiro atoms. The van der Waals surface area contributed by atoms with Crippen LogP contribution < -0.4 is 5.73 Å². The highest BCUT2D eigenvalue weighted by Crippen LogP contribution is 2.27. The predicted octanol–water partition coefficient (Wildman–Crippen LogP) is 1.94. The first-order valence-electron chi connectivity index (χ1n) is 6.41. The first-order valence-corrected chi connectivity index (χ1v) is 6.79. The highest BCUT2D eigenvalue weighted by molar-refractivity contribution is 6.36. The Morgan fingerprint density at radius 1 is 1.42 bits per heavy atom. The number of carbonyl (C=O) groups is 1. The minimum Gasteiger partial charge on any atom is -0.398 e. The van der Waals surface area contributed by atoms with E-state index in [0.29, 0.717) is 28.2 Å². The van der Waals surface area contributed by atoms with Crippen LogP contribution in [-0.2, 0) is 0 Å². The van der Waals surface area contributed by atoms with Crippen molar-refractivity contribution in [1.82, 2.24) is 9.80 Å². The molecule has 2 atom stereocenters. The number of rotatable bonds is 2. The van der Waals surface area contributed by atoms with Crippen LogP contribution >= 0.6 is 11.6 Å². The standard InChI is InChI=1S/C14H20ClN3O/c1-9-7-18(8-12(9)17(2)3)14(19)10-5-4-6-11(16)13(10)15/h4-6,9,12H,7-8,16H2,1-3H3. The summed E-state index contributed by atoms with van der Waals surface area (Å²) in [5.41, 5.74) is 6.69. The van der Waals surface area contributed by atoms with Crippen molar-refractivity contribution in [1.29, 1.82) is 0 Å². The van der Waals surface area contributed by atoms with Crippen LogP contribution in [0.15, 0.2) is 18.2 Å². The van der Waals surface area contributed by atoms with Crippen LogP contribution in [0.1, 0.15) is 17.3 Å². The molecule has 1 heterocycles. The van der Waals surface area contributed by atoms with E-state index in [1.54, 1.807) is 18.2 Å². The van der Waals surface area contributed by atoms with Crippen molar-refractivity contribution >= 4 is 23.2 Å². The lowest BCUT2D eigenvalue weighted by molar-refractivity contribution is 0.0781. The molecule has 1 aliphatic heterocycles. The highest BCUT2D eigenvalue weighted by atomic mass is 35.5. The van der Waals surface area contributed by atoms with Crippen LogP contribution in [0.25, 0.3) is 0 Å². The number of nitrogens with zero attached hydrogens (tertiary/aromatic N) is 2. The van der Waals surface area contributed by atoms with Crippen molar-refractivity contribution in [2.45, 2.75) is 13.0 Å². The third-order valence-electron chi connectivity index (χ3n) is 3.78. The molecule has 1 fully saturated rings.